The number of aliphatic carboxylic acids is 3. The number of rotatable bonds is 3. The Morgan fingerprint density at radius 3 is 1.47 bits per heavy atom. The highest BCUT2D eigenvalue weighted by Crippen LogP contribution is 2.19. The van der Waals surface area contributed by atoms with Gasteiger partial charge in [0.15, 0.2) is 11.5 Å². The number of fused-ring (bicyclic) bond motifs is 1. The number of halogens is 9. The van der Waals surface area contributed by atoms with E-state index >= 15 is 0 Å². The van der Waals surface area contributed by atoms with Crippen LogP contribution in [0.5, 0.6) is 0 Å². The molecule has 0 amide bonds. The zero-order chi connectivity index (χ0) is 33.0. The van der Waals surface area contributed by atoms with Crippen molar-refractivity contribution in [1.82, 2.24) is 24.3 Å². The lowest BCUT2D eigenvalue weighted by atomic mass is 10.2. The van der Waals surface area contributed by atoms with Crippen LogP contribution in [0.25, 0.3) is 5.65 Å². The Hall–Kier alpha value is -4.69. The van der Waals surface area contributed by atoms with Gasteiger partial charge >= 0.3 is 36.4 Å². The first-order valence-corrected chi connectivity index (χ1v) is 11.3. The maximum absolute atomic E-state index is 10.6. The average Bonchev–Trinajstić information content (AvgIpc) is 3.38. The van der Waals surface area contributed by atoms with E-state index < -0.39 is 36.4 Å². The molecule has 0 aromatic carbocycles. The summed E-state index contributed by atoms with van der Waals surface area (Å²) in [6.45, 7) is 5.00. The van der Waals surface area contributed by atoms with Gasteiger partial charge in [-0.15, -0.1) is 0 Å². The molecule has 1 fully saturated rings. The van der Waals surface area contributed by atoms with Crippen molar-refractivity contribution >= 4 is 29.4 Å². The molecule has 12 nitrogen and oxygen atoms in total. The number of carboxylic acids is 3. The molecule has 0 spiro atoms. The van der Waals surface area contributed by atoms with Crippen LogP contribution < -0.4 is 4.90 Å². The van der Waals surface area contributed by atoms with Crippen LogP contribution in [0.2, 0.25) is 0 Å². The van der Waals surface area contributed by atoms with E-state index in [1.54, 1.807) is 0 Å². The van der Waals surface area contributed by atoms with E-state index in [1.807, 2.05) is 41.6 Å². The van der Waals surface area contributed by atoms with Crippen molar-refractivity contribution in [2.45, 2.75) is 25.1 Å². The highest BCUT2D eigenvalue weighted by atomic mass is 19.4. The number of carboxylic acid groups (broad SMARTS) is 3. The monoisotopic (exact) mass is 636 g/mol. The second kappa shape index (κ2) is 15.5. The number of imidazole rings is 1. The SMILES string of the molecule is O=C(O)C(F)(F)F.O=C(O)C(F)(F)F.O=C(O)C(F)(F)F.c1cc(CN2CCN(c3nccn4ccnc34)CC2)ccn1. The van der Waals surface area contributed by atoms with Crippen molar-refractivity contribution in [2.24, 2.45) is 0 Å². The summed E-state index contributed by atoms with van der Waals surface area (Å²) in [5, 5.41) is 21.4. The van der Waals surface area contributed by atoms with Gasteiger partial charge in [-0.3, -0.25) is 9.88 Å². The molecule has 238 valence electrons. The molecule has 0 bridgehead atoms. The van der Waals surface area contributed by atoms with E-state index in [0.29, 0.717) is 0 Å². The minimum Gasteiger partial charge on any atom is -0.475 e. The third-order valence-electron chi connectivity index (χ3n) is 4.85. The molecule has 3 aromatic rings. The third-order valence-corrected chi connectivity index (χ3v) is 4.85. The van der Waals surface area contributed by atoms with Crippen LogP contribution in [-0.2, 0) is 20.9 Å². The number of carbonyl (C=O) groups is 3. The standard InChI is InChI=1S/C16H18N6.3C2HF3O2/c1-3-17-4-2-14(1)13-20-9-11-22(12-10-20)16-15-18-5-7-21(15)8-6-19-16;3*3-2(4,5)1(6)7/h1-8H,9-13H2;3*(H,6,7). The number of hydrogen-bond acceptors (Lipinski definition) is 8. The summed E-state index contributed by atoms with van der Waals surface area (Å²) < 4.78 is 97.2. The van der Waals surface area contributed by atoms with E-state index in [0.717, 1.165) is 44.2 Å². The first-order valence-electron chi connectivity index (χ1n) is 11.3. The van der Waals surface area contributed by atoms with Gasteiger partial charge in [0.25, 0.3) is 0 Å². The fourth-order valence-corrected chi connectivity index (χ4v) is 2.93. The molecular formula is C22H21F9N6O6. The van der Waals surface area contributed by atoms with E-state index in [-0.39, 0.29) is 0 Å². The van der Waals surface area contributed by atoms with Crippen LogP contribution in [0.4, 0.5) is 45.3 Å². The van der Waals surface area contributed by atoms with Crippen LogP contribution in [-0.4, -0.2) is 102 Å². The molecule has 4 heterocycles. The topological polar surface area (TPSA) is 161 Å². The molecule has 4 rings (SSSR count). The van der Waals surface area contributed by atoms with Gasteiger partial charge in [0.2, 0.25) is 0 Å². The van der Waals surface area contributed by atoms with Crippen LogP contribution in [0, 0.1) is 0 Å². The Balaban J connectivity index is 0.000000363. The lowest BCUT2D eigenvalue weighted by molar-refractivity contribution is -0.193. The number of piperazine rings is 1. The predicted molar refractivity (Wildman–Crippen MR) is 126 cm³/mol. The molecule has 0 atom stereocenters. The van der Waals surface area contributed by atoms with E-state index in [9.17, 15) is 39.5 Å². The Bertz CT molecular complexity index is 1270. The van der Waals surface area contributed by atoms with Crippen molar-refractivity contribution in [1.29, 1.82) is 0 Å². The summed E-state index contributed by atoms with van der Waals surface area (Å²) in [4.78, 5) is 44.5. The fraction of sp³-hybridized carbons (Fsp3) is 0.364. The van der Waals surface area contributed by atoms with E-state index in [2.05, 4.69) is 36.9 Å². The molecule has 3 N–H and O–H groups in total. The van der Waals surface area contributed by atoms with E-state index in [4.69, 9.17) is 29.7 Å². The fourth-order valence-electron chi connectivity index (χ4n) is 2.93. The van der Waals surface area contributed by atoms with Gasteiger partial charge in [0.05, 0.1) is 0 Å². The van der Waals surface area contributed by atoms with Crippen molar-refractivity contribution in [3.8, 4) is 0 Å². The number of pyridine rings is 1. The Kier molecular flexibility index (Phi) is 13.1. The van der Waals surface area contributed by atoms with Crippen molar-refractivity contribution in [2.75, 3.05) is 31.1 Å². The average molecular weight is 636 g/mol. The van der Waals surface area contributed by atoms with Gasteiger partial charge in [-0.25, -0.2) is 24.4 Å². The largest absolute Gasteiger partial charge is 0.490 e. The number of alkyl halides is 9. The molecule has 0 unspecified atom stereocenters. The number of anilines is 1. The molecule has 1 aliphatic heterocycles. The minimum absolute atomic E-state index is 0.935. The molecule has 21 heteroatoms. The van der Waals surface area contributed by atoms with Crippen molar-refractivity contribution in [3.05, 3.63) is 54.9 Å². The molecule has 0 saturated carbocycles. The highest BCUT2D eigenvalue weighted by Gasteiger charge is 2.39. The number of hydrogen-bond donors (Lipinski definition) is 3. The molecule has 3 aromatic heterocycles. The Morgan fingerprint density at radius 1 is 0.674 bits per heavy atom. The van der Waals surface area contributed by atoms with Crippen LogP contribution in [0.15, 0.2) is 49.3 Å². The first kappa shape index (κ1) is 36.3. The first-order chi connectivity index (χ1) is 19.7. The summed E-state index contributed by atoms with van der Waals surface area (Å²) in [5.41, 5.74) is 2.25. The maximum atomic E-state index is 10.6. The van der Waals surface area contributed by atoms with Crippen molar-refractivity contribution < 1.29 is 69.2 Å². The summed E-state index contributed by atoms with van der Waals surface area (Å²) in [6.07, 6.45) is -3.98. The van der Waals surface area contributed by atoms with Crippen LogP contribution in [0.1, 0.15) is 5.56 Å². The smallest absolute Gasteiger partial charge is 0.475 e. The quantitative estimate of drug-likeness (QED) is 0.362. The number of aromatic nitrogens is 4. The summed E-state index contributed by atoms with van der Waals surface area (Å²) in [6, 6.07) is 4.17. The maximum Gasteiger partial charge on any atom is 0.490 e. The lowest BCUT2D eigenvalue weighted by Crippen LogP contribution is -2.46. The summed E-state index contributed by atoms with van der Waals surface area (Å²) >= 11 is 0. The molecule has 1 aliphatic rings. The van der Waals surface area contributed by atoms with Gasteiger partial charge in [0, 0.05) is 69.9 Å². The Labute approximate surface area is 234 Å². The van der Waals surface area contributed by atoms with Gasteiger partial charge in [-0.2, -0.15) is 39.5 Å². The molecule has 43 heavy (non-hydrogen) atoms. The zero-order valence-electron chi connectivity index (χ0n) is 21.3. The summed E-state index contributed by atoms with van der Waals surface area (Å²) in [5.74, 6) is -7.29. The van der Waals surface area contributed by atoms with Crippen LogP contribution >= 0.6 is 0 Å². The Morgan fingerprint density at radius 2 is 1.07 bits per heavy atom. The molecule has 0 radical (unpaired) electrons. The molecule has 0 aliphatic carbocycles. The van der Waals surface area contributed by atoms with Gasteiger partial charge in [0.1, 0.15) is 0 Å². The molecule has 1 saturated heterocycles. The van der Waals surface area contributed by atoms with Gasteiger partial charge in [-0.1, -0.05) is 0 Å². The third kappa shape index (κ3) is 13.2. The normalized spacial score (nSPS) is 13.8. The predicted octanol–water partition coefficient (Wildman–Crippen LogP) is 3.35. The molecular weight excluding hydrogens is 615 g/mol. The second-order valence-corrected chi connectivity index (χ2v) is 7.94. The minimum atomic E-state index is -5.08. The van der Waals surface area contributed by atoms with E-state index in [1.165, 1.54) is 5.56 Å². The van der Waals surface area contributed by atoms with Crippen LogP contribution in [0.3, 0.4) is 0 Å². The zero-order valence-corrected chi connectivity index (χ0v) is 21.3. The van der Waals surface area contributed by atoms with Gasteiger partial charge < -0.3 is 24.6 Å². The number of nitrogens with zero attached hydrogens (tertiary/aromatic N) is 6. The van der Waals surface area contributed by atoms with Crippen molar-refractivity contribution in [3.63, 3.8) is 0 Å². The second-order valence-electron chi connectivity index (χ2n) is 7.94. The lowest BCUT2D eigenvalue weighted by Gasteiger charge is -2.35. The van der Waals surface area contributed by atoms with Gasteiger partial charge in [-0.05, 0) is 17.7 Å². The summed E-state index contributed by atoms with van der Waals surface area (Å²) in [7, 11) is 0. The highest BCUT2D eigenvalue weighted by molar-refractivity contribution is 5.73.